The molecule has 0 aliphatic carbocycles. The minimum absolute atomic E-state index is 0.112. The number of hydrogen-bond donors (Lipinski definition) is 2. The summed E-state index contributed by atoms with van der Waals surface area (Å²) in [5.41, 5.74) is 6.14. The Bertz CT molecular complexity index is 702. The number of methoxy groups -OCH3 is 1. The van der Waals surface area contributed by atoms with Gasteiger partial charge in [-0.2, -0.15) is 0 Å². The molecule has 8 nitrogen and oxygen atoms in total. The van der Waals surface area contributed by atoms with Crippen LogP contribution in [-0.4, -0.2) is 22.9 Å². The number of nitrogen functional groups attached to an aromatic ring is 1. The number of carbonyl (C=O) groups is 1. The Hall–Kier alpha value is -3.16. The lowest BCUT2D eigenvalue weighted by Gasteiger charge is -2.08. The fourth-order valence-corrected chi connectivity index (χ4v) is 1.72. The van der Waals surface area contributed by atoms with Gasteiger partial charge in [0.25, 0.3) is 5.91 Å². The van der Waals surface area contributed by atoms with Crippen molar-refractivity contribution in [1.82, 2.24) is 4.98 Å². The number of benzene rings is 1. The molecule has 0 aliphatic rings. The monoisotopic (exact) mass is 288 g/mol. The molecule has 0 radical (unpaired) electrons. The number of nitrogens with zero attached hydrogens (tertiary/aromatic N) is 2. The predicted octanol–water partition coefficient (Wildman–Crippen LogP) is 1.83. The Balaban J connectivity index is 2.28. The first-order valence-corrected chi connectivity index (χ1v) is 5.86. The molecule has 3 N–H and O–H groups in total. The largest absolute Gasteiger partial charge is 0.490 e. The summed E-state index contributed by atoms with van der Waals surface area (Å²) >= 11 is 0. The van der Waals surface area contributed by atoms with Gasteiger partial charge in [0.15, 0.2) is 5.75 Å². The van der Waals surface area contributed by atoms with Crippen LogP contribution in [0.25, 0.3) is 0 Å². The van der Waals surface area contributed by atoms with Crippen molar-refractivity contribution in [2.75, 3.05) is 18.2 Å². The number of hydrogen-bond acceptors (Lipinski definition) is 6. The number of ether oxygens (including phenoxy) is 1. The van der Waals surface area contributed by atoms with Crippen LogP contribution in [0.15, 0.2) is 36.7 Å². The van der Waals surface area contributed by atoms with Crippen molar-refractivity contribution < 1.29 is 14.5 Å². The first-order valence-electron chi connectivity index (χ1n) is 5.86. The lowest BCUT2D eigenvalue weighted by atomic mass is 10.2. The van der Waals surface area contributed by atoms with Gasteiger partial charge in [0.2, 0.25) is 0 Å². The molecule has 2 rings (SSSR count). The summed E-state index contributed by atoms with van der Waals surface area (Å²) in [4.78, 5) is 26.2. The van der Waals surface area contributed by atoms with Crippen molar-refractivity contribution in [3.63, 3.8) is 0 Å². The fraction of sp³-hybridized carbons (Fsp3) is 0.0769. The van der Waals surface area contributed by atoms with Gasteiger partial charge >= 0.3 is 5.69 Å². The van der Waals surface area contributed by atoms with E-state index in [9.17, 15) is 14.9 Å². The third-order valence-corrected chi connectivity index (χ3v) is 2.73. The molecular formula is C13H12N4O4. The molecule has 0 saturated carbocycles. The summed E-state index contributed by atoms with van der Waals surface area (Å²) in [7, 11) is 1.33. The highest BCUT2D eigenvalue weighted by Gasteiger charge is 2.17. The maximum Gasteiger partial charge on any atom is 0.312 e. The highest BCUT2D eigenvalue weighted by atomic mass is 16.6. The van der Waals surface area contributed by atoms with Gasteiger partial charge in [-0.3, -0.25) is 19.9 Å². The lowest BCUT2D eigenvalue weighted by Crippen LogP contribution is -2.14. The van der Waals surface area contributed by atoms with Crippen molar-refractivity contribution in [1.29, 1.82) is 0 Å². The maximum absolute atomic E-state index is 12.1. The number of nitrogens with one attached hydrogen (secondary N) is 1. The van der Waals surface area contributed by atoms with Crippen LogP contribution in [0.5, 0.6) is 5.75 Å². The molecule has 0 aliphatic heterocycles. The topological polar surface area (TPSA) is 120 Å². The molecule has 1 heterocycles. The third-order valence-electron chi connectivity index (χ3n) is 2.73. The smallest absolute Gasteiger partial charge is 0.312 e. The minimum atomic E-state index is -0.588. The van der Waals surface area contributed by atoms with Gasteiger partial charge in [0.05, 0.1) is 29.5 Å². The van der Waals surface area contributed by atoms with Crippen molar-refractivity contribution >= 4 is 23.0 Å². The molecule has 0 bridgehead atoms. The van der Waals surface area contributed by atoms with Crippen LogP contribution in [-0.2, 0) is 0 Å². The number of rotatable bonds is 4. The summed E-state index contributed by atoms with van der Waals surface area (Å²) in [6, 6.07) is 5.58. The zero-order valence-corrected chi connectivity index (χ0v) is 11.1. The van der Waals surface area contributed by atoms with Crippen LogP contribution in [0.3, 0.4) is 0 Å². The summed E-state index contributed by atoms with van der Waals surface area (Å²) in [6.45, 7) is 0. The third kappa shape index (κ3) is 3.06. The number of anilines is 2. The van der Waals surface area contributed by atoms with Crippen molar-refractivity contribution in [2.24, 2.45) is 0 Å². The van der Waals surface area contributed by atoms with E-state index in [1.54, 1.807) is 0 Å². The summed E-state index contributed by atoms with van der Waals surface area (Å²) < 4.78 is 4.89. The number of amides is 1. The van der Waals surface area contributed by atoms with Crippen molar-refractivity contribution in [3.8, 4) is 5.75 Å². The highest BCUT2D eigenvalue weighted by molar-refractivity contribution is 6.07. The molecule has 0 saturated heterocycles. The van der Waals surface area contributed by atoms with Crippen molar-refractivity contribution in [2.45, 2.75) is 0 Å². The van der Waals surface area contributed by atoms with Gasteiger partial charge in [-0.25, -0.2) is 0 Å². The average Bonchev–Trinajstić information content (AvgIpc) is 2.47. The first kappa shape index (κ1) is 14.3. The molecule has 8 heteroatoms. The number of aromatic nitrogens is 1. The highest BCUT2D eigenvalue weighted by Crippen LogP contribution is 2.29. The molecule has 1 aromatic carbocycles. The molecule has 1 amide bonds. The number of carbonyl (C=O) groups excluding carboxylic acids is 1. The summed E-state index contributed by atoms with van der Waals surface area (Å²) in [5.74, 6) is -0.365. The molecular weight excluding hydrogens is 276 g/mol. The number of nitro groups is 1. The summed E-state index contributed by atoms with van der Waals surface area (Å²) in [6.07, 6.45) is 2.78. The standard InChI is InChI=1S/C13H12N4O4/c1-21-12-3-2-8(6-11(12)17(19)20)16-13(18)9-4-5-15-7-10(9)14/h2-7H,14H2,1H3,(H,16,18). The fourth-order valence-electron chi connectivity index (χ4n) is 1.72. The lowest BCUT2D eigenvalue weighted by molar-refractivity contribution is -0.385. The van der Waals surface area contributed by atoms with Crippen LogP contribution in [0.2, 0.25) is 0 Å². The molecule has 0 spiro atoms. The van der Waals surface area contributed by atoms with Crippen LogP contribution in [0.1, 0.15) is 10.4 Å². The van der Waals surface area contributed by atoms with Crippen LogP contribution >= 0.6 is 0 Å². The second kappa shape index (κ2) is 5.87. The first-order chi connectivity index (χ1) is 10.0. The molecule has 108 valence electrons. The Labute approximate surface area is 119 Å². The molecule has 21 heavy (non-hydrogen) atoms. The van der Waals surface area contributed by atoms with Crippen LogP contribution < -0.4 is 15.8 Å². The average molecular weight is 288 g/mol. The number of pyridine rings is 1. The summed E-state index contributed by atoms with van der Waals surface area (Å²) in [5, 5.41) is 13.5. The van der Waals surface area contributed by atoms with Gasteiger partial charge in [-0.05, 0) is 18.2 Å². The minimum Gasteiger partial charge on any atom is -0.490 e. The second-order valence-electron chi connectivity index (χ2n) is 4.06. The Morgan fingerprint density at radius 2 is 2.19 bits per heavy atom. The second-order valence-corrected chi connectivity index (χ2v) is 4.06. The van der Waals surface area contributed by atoms with Gasteiger partial charge in [0, 0.05) is 18.0 Å². The van der Waals surface area contributed by atoms with Gasteiger partial charge in [0.1, 0.15) is 0 Å². The molecule has 0 unspecified atom stereocenters. The zero-order chi connectivity index (χ0) is 15.4. The van der Waals surface area contributed by atoms with E-state index in [1.165, 1.54) is 43.8 Å². The molecule has 0 atom stereocenters. The Kier molecular flexibility index (Phi) is 3.98. The van der Waals surface area contributed by atoms with E-state index >= 15 is 0 Å². The Morgan fingerprint density at radius 1 is 1.43 bits per heavy atom. The van der Waals surface area contributed by atoms with E-state index < -0.39 is 10.8 Å². The van der Waals surface area contributed by atoms with Crippen LogP contribution in [0.4, 0.5) is 17.1 Å². The Morgan fingerprint density at radius 3 is 2.81 bits per heavy atom. The van der Waals surface area contributed by atoms with E-state index in [1.807, 2.05) is 0 Å². The maximum atomic E-state index is 12.1. The van der Waals surface area contributed by atoms with E-state index in [-0.39, 0.29) is 28.4 Å². The van der Waals surface area contributed by atoms with Gasteiger partial charge in [-0.1, -0.05) is 0 Å². The van der Waals surface area contributed by atoms with E-state index in [0.717, 1.165) is 0 Å². The van der Waals surface area contributed by atoms with Crippen molar-refractivity contribution in [3.05, 3.63) is 52.3 Å². The predicted molar refractivity (Wildman–Crippen MR) is 76.3 cm³/mol. The normalized spacial score (nSPS) is 9.95. The molecule has 2 aromatic rings. The van der Waals surface area contributed by atoms with Gasteiger partial charge < -0.3 is 15.8 Å². The zero-order valence-electron chi connectivity index (χ0n) is 11.1. The van der Waals surface area contributed by atoms with Crippen LogP contribution in [0, 0.1) is 10.1 Å². The van der Waals surface area contributed by atoms with E-state index in [0.29, 0.717) is 0 Å². The molecule has 0 fully saturated rings. The SMILES string of the molecule is COc1ccc(NC(=O)c2ccncc2N)cc1[N+](=O)[O-]. The van der Waals surface area contributed by atoms with E-state index in [2.05, 4.69) is 10.3 Å². The van der Waals surface area contributed by atoms with Gasteiger partial charge in [-0.15, -0.1) is 0 Å². The number of nitro benzene ring substituents is 1. The number of nitrogens with two attached hydrogens (primary N) is 1. The molecule has 1 aromatic heterocycles. The van der Waals surface area contributed by atoms with E-state index in [4.69, 9.17) is 10.5 Å². The quantitative estimate of drug-likeness (QED) is 0.654.